The predicted molar refractivity (Wildman–Crippen MR) is 159 cm³/mol. The molecule has 5 rings (SSSR count). The highest BCUT2D eigenvalue weighted by atomic mass is 35.5. The standard InChI is InChI=1S/C29H25Cl2N3O5S/c1-14-6-11-19-20(12-14)40-29(32-19)34-23(15-7-9-16(10-8-15)33(2)3)21(25(36)28(34)37)24(35)17-13-18(30)27(39-5)22(31)26(17)38-4/h6-13,23,35H,1-5H3/b24-21+. The third-order valence-corrected chi connectivity index (χ3v) is 8.34. The van der Waals surface area contributed by atoms with Crippen LogP contribution in [0.4, 0.5) is 10.8 Å². The molecule has 0 spiro atoms. The van der Waals surface area contributed by atoms with Crippen molar-refractivity contribution in [1.29, 1.82) is 0 Å². The summed E-state index contributed by atoms with van der Waals surface area (Å²) in [6.07, 6.45) is 0. The number of methoxy groups -OCH3 is 2. The molecule has 1 fully saturated rings. The van der Waals surface area contributed by atoms with Gasteiger partial charge in [0.1, 0.15) is 10.8 Å². The lowest BCUT2D eigenvalue weighted by molar-refractivity contribution is -0.132. The predicted octanol–water partition coefficient (Wildman–Crippen LogP) is 6.62. The van der Waals surface area contributed by atoms with Crippen molar-refractivity contribution in [2.45, 2.75) is 13.0 Å². The van der Waals surface area contributed by atoms with Crippen LogP contribution in [0.15, 0.2) is 54.1 Å². The van der Waals surface area contributed by atoms with Crippen LogP contribution >= 0.6 is 34.5 Å². The maximum atomic E-state index is 13.7. The number of hydrogen-bond donors (Lipinski definition) is 1. The molecule has 0 aliphatic carbocycles. The molecule has 1 atom stereocenters. The smallest absolute Gasteiger partial charge is 0.301 e. The Morgan fingerprint density at radius 1 is 1.02 bits per heavy atom. The number of ketones is 1. The summed E-state index contributed by atoms with van der Waals surface area (Å²) in [7, 11) is 6.58. The summed E-state index contributed by atoms with van der Waals surface area (Å²) in [6, 6.07) is 13.6. The fraction of sp³-hybridized carbons (Fsp3) is 0.207. The Balaban J connectivity index is 1.77. The third-order valence-electron chi connectivity index (χ3n) is 6.70. The molecular formula is C29H25Cl2N3O5S. The number of aryl methyl sites for hydroxylation is 1. The Morgan fingerprint density at radius 2 is 1.70 bits per heavy atom. The van der Waals surface area contributed by atoms with E-state index in [1.165, 1.54) is 36.5 Å². The molecule has 1 unspecified atom stereocenters. The number of anilines is 2. The number of aliphatic hydroxyl groups excluding tert-OH is 1. The number of ether oxygens (including phenoxy) is 2. The monoisotopic (exact) mass is 597 g/mol. The number of benzene rings is 3. The normalized spacial score (nSPS) is 16.6. The van der Waals surface area contributed by atoms with Gasteiger partial charge in [-0.2, -0.15) is 0 Å². The van der Waals surface area contributed by atoms with Gasteiger partial charge in [0.05, 0.1) is 46.6 Å². The molecule has 0 saturated carbocycles. The number of nitrogens with zero attached hydrogens (tertiary/aromatic N) is 3. The largest absolute Gasteiger partial charge is 0.507 e. The Labute approximate surface area is 245 Å². The van der Waals surface area contributed by atoms with E-state index in [1.807, 2.05) is 68.4 Å². The lowest BCUT2D eigenvalue weighted by Crippen LogP contribution is -2.29. The van der Waals surface area contributed by atoms with Crippen molar-refractivity contribution >= 4 is 73.0 Å². The average molecular weight is 599 g/mol. The van der Waals surface area contributed by atoms with Gasteiger partial charge >= 0.3 is 5.91 Å². The van der Waals surface area contributed by atoms with Crippen molar-refractivity contribution in [3.63, 3.8) is 0 Å². The van der Waals surface area contributed by atoms with Crippen molar-refractivity contribution in [3.8, 4) is 11.5 Å². The number of carbonyl (C=O) groups is 2. The first kappa shape index (κ1) is 27.8. The Kier molecular flexibility index (Phi) is 7.39. The molecule has 1 amide bonds. The minimum atomic E-state index is -0.984. The molecule has 0 bridgehead atoms. The summed E-state index contributed by atoms with van der Waals surface area (Å²) in [5, 5.41) is 12.1. The van der Waals surface area contributed by atoms with E-state index >= 15 is 0 Å². The van der Waals surface area contributed by atoms with Crippen molar-refractivity contribution in [2.24, 2.45) is 0 Å². The van der Waals surface area contributed by atoms with Gasteiger partial charge in [0.2, 0.25) is 0 Å². The molecule has 2 heterocycles. The zero-order chi connectivity index (χ0) is 28.9. The molecule has 8 nitrogen and oxygen atoms in total. The Bertz CT molecular complexity index is 1700. The second-order valence-electron chi connectivity index (χ2n) is 9.41. The minimum absolute atomic E-state index is 0.0155. The van der Waals surface area contributed by atoms with E-state index in [1.54, 1.807) is 0 Å². The number of aliphatic hydroxyl groups is 1. The molecule has 1 aliphatic heterocycles. The number of rotatable bonds is 6. The summed E-state index contributed by atoms with van der Waals surface area (Å²) in [5.74, 6) is -1.98. The molecule has 4 aromatic rings. The molecule has 40 heavy (non-hydrogen) atoms. The number of fused-ring (bicyclic) bond motifs is 1. The summed E-state index contributed by atoms with van der Waals surface area (Å²) < 4.78 is 11.6. The molecule has 0 radical (unpaired) electrons. The molecule has 206 valence electrons. The van der Waals surface area contributed by atoms with Crippen LogP contribution in [0, 0.1) is 6.92 Å². The van der Waals surface area contributed by atoms with Gasteiger partial charge in [-0.25, -0.2) is 4.98 Å². The van der Waals surface area contributed by atoms with Gasteiger partial charge in [-0.1, -0.05) is 52.7 Å². The van der Waals surface area contributed by atoms with Gasteiger partial charge < -0.3 is 19.5 Å². The van der Waals surface area contributed by atoms with Gasteiger partial charge in [0.25, 0.3) is 5.78 Å². The van der Waals surface area contributed by atoms with Crippen LogP contribution in [0.5, 0.6) is 11.5 Å². The lowest BCUT2D eigenvalue weighted by atomic mass is 9.94. The van der Waals surface area contributed by atoms with Crippen LogP contribution in [-0.4, -0.2) is 50.1 Å². The molecule has 3 aromatic carbocycles. The topological polar surface area (TPSA) is 92.2 Å². The van der Waals surface area contributed by atoms with Gasteiger partial charge in [0, 0.05) is 19.8 Å². The minimum Gasteiger partial charge on any atom is -0.507 e. The summed E-state index contributed by atoms with van der Waals surface area (Å²) in [4.78, 5) is 35.2. The van der Waals surface area contributed by atoms with Crippen molar-refractivity contribution in [3.05, 3.63) is 80.8 Å². The maximum Gasteiger partial charge on any atom is 0.301 e. The average Bonchev–Trinajstić information content (AvgIpc) is 3.45. The Hall–Kier alpha value is -3.79. The van der Waals surface area contributed by atoms with Gasteiger partial charge in [-0.3, -0.25) is 14.5 Å². The third kappa shape index (κ3) is 4.54. The highest BCUT2D eigenvalue weighted by Crippen LogP contribution is 2.49. The summed E-state index contributed by atoms with van der Waals surface area (Å²) >= 11 is 14.2. The first-order valence-corrected chi connectivity index (χ1v) is 13.7. The van der Waals surface area contributed by atoms with Crippen LogP contribution in [0.2, 0.25) is 10.0 Å². The summed E-state index contributed by atoms with van der Waals surface area (Å²) in [5.41, 5.74) is 3.17. The number of aromatic nitrogens is 1. The lowest BCUT2D eigenvalue weighted by Gasteiger charge is -2.24. The van der Waals surface area contributed by atoms with Crippen LogP contribution in [-0.2, 0) is 9.59 Å². The number of amides is 1. The van der Waals surface area contributed by atoms with E-state index < -0.39 is 23.5 Å². The first-order chi connectivity index (χ1) is 19.1. The van der Waals surface area contributed by atoms with E-state index in [0.29, 0.717) is 16.2 Å². The fourth-order valence-electron chi connectivity index (χ4n) is 4.71. The first-order valence-electron chi connectivity index (χ1n) is 12.1. The van der Waals surface area contributed by atoms with Crippen LogP contribution in [0.25, 0.3) is 16.0 Å². The van der Waals surface area contributed by atoms with Crippen molar-refractivity contribution in [1.82, 2.24) is 4.98 Å². The van der Waals surface area contributed by atoms with E-state index in [2.05, 4.69) is 4.98 Å². The zero-order valence-corrected chi connectivity index (χ0v) is 24.6. The quantitative estimate of drug-likeness (QED) is 0.152. The number of thiazole rings is 1. The van der Waals surface area contributed by atoms with Crippen LogP contribution in [0.3, 0.4) is 0 Å². The maximum absolute atomic E-state index is 13.7. The SMILES string of the molecule is COc1c(Cl)cc(/C(O)=C2\C(=O)C(=O)N(c3nc4ccc(C)cc4s3)C2c2ccc(N(C)C)cc2)c(OC)c1Cl. The van der Waals surface area contributed by atoms with Crippen molar-refractivity contribution in [2.75, 3.05) is 38.1 Å². The highest BCUT2D eigenvalue weighted by Gasteiger charge is 2.48. The molecule has 1 saturated heterocycles. The number of carbonyl (C=O) groups excluding carboxylic acids is 2. The second kappa shape index (κ2) is 10.6. The summed E-state index contributed by atoms with van der Waals surface area (Å²) in [6.45, 7) is 1.97. The van der Waals surface area contributed by atoms with E-state index in [9.17, 15) is 14.7 Å². The van der Waals surface area contributed by atoms with Gasteiger partial charge in [-0.15, -0.1) is 0 Å². The van der Waals surface area contributed by atoms with E-state index in [0.717, 1.165) is 16.0 Å². The zero-order valence-electron chi connectivity index (χ0n) is 22.3. The molecule has 1 aliphatic rings. The second-order valence-corrected chi connectivity index (χ2v) is 11.2. The van der Waals surface area contributed by atoms with Gasteiger partial charge in [0.15, 0.2) is 16.6 Å². The van der Waals surface area contributed by atoms with Crippen molar-refractivity contribution < 1.29 is 24.2 Å². The van der Waals surface area contributed by atoms with Crippen LogP contribution < -0.4 is 19.3 Å². The van der Waals surface area contributed by atoms with E-state index in [4.69, 9.17) is 32.7 Å². The van der Waals surface area contributed by atoms with E-state index in [-0.39, 0.29) is 32.7 Å². The van der Waals surface area contributed by atoms with Crippen LogP contribution in [0.1, 0.15) is 22.7 Å². The fourth-order valence-corrected chi connectivity index (χ4v) is 6.49. The van der Waals surface area contributed by atoms with Gasteiger partial charge in [-0.05, 0) is 48.4 Å². The molecular weight excluding hydrogens is 573 g/mol. The molecule has 11 heteroatoms. The Morgan fingerprint density at radius 3 is 2.33 bits per heavy atom. The molecule has 1 N–H and O–H groups in total. The molecule has 1 aromatic heterocycles. The highest BCUT2D eigenvalue weighted by molar-refractivity contribution is 7.22. The number of hydrogen-bond acceptors (Lipinski definition) is 8. The number of Topliss-reactive ketones (excluding diaryl/α,β-unsaturated/α-hetero) is 1. The number of halogens is 2.